The fourth-order valence-electron chi connectivity index (χ4n) is 1.92. The van der Waals surface area contributed by atoms with Crippen LogP contribution in [0, 0.1) is 0 Å². The molecule has 3 nitrogen and oxygen atoms in total. The standard InChI is InChI=1S/C12H16N2O/c1-14(11-8-5-9-13-11)12(15)10-6-3-2-4-7-10/h2-4,6-7,11,13H,5,8-9H2,1H3. The van der Waals surface area contributed by atoms with Crippen LogP contribution in [-0.4, -0.2) is 30.6 Å². The van der Waals surface area contributed by atoms with E-state index in [0.717, 1.165) is 24.9 Å². The molecular formula is C12H16N2O. The Balaban J connectivity index is 2.07. The molecule has 1 saturated heterocycles. The summed E-state index contributed by atoms with van der Waals surface area (Å²) in [5, 5.41) is 3.31. The summed E-state index contributed by atoms with van der Waals surface area (Å²) in [6.07, 6.45) is 2.41. The molecular weight excluding hydrogens is 188 g/mol. The number of amides is 1. The van der Waals surface area contributed by atoms with Crippen molar-refractivity contribution in [3.8, 4) is 0 Å². The Morgan fingerprint density at radius 3 is 2.73 bits per heavy atom. The Hall–Kier alpha value is -1.35. The van der Waals surface area contributed by atoms with Gasteiger partial charge in [0.2, 0.25) is 0 Å². The van der Waals surface area contributed by atoms with Crippen molar-refractivity contribution < 1.29 is 4.79 Å². The Kier molecular flexibility index (Phi) is 3.02. The third-order valence-corrected chi connectivity index (χ3v) is 2.84. The molecule has 1 aliphatic heterocycles. The van der Waals surface area contributed by atoms with Crippen LogP contribution in [0.4, 0.5) is 0 Å². The van der Waals surface area contributed by atoms with Crippen LogP contribution >= 0.6 is 0 Å². The van der Waals surface area contributed by atoms with Gasteiger partial charge in [0.25, 0.3) is 5.91 Å². The molecule has 1 aromatic rings. The molecule has 15 heavy (non-hydrogen) atoms. The van der Waals surface area contributed by atoms with Crippen molar-refractivity contribution in [3.63, 3.8) is 0 Å². The number of rotatable bonds is 2. The van der Waals surface area contributed by atoms with Gasteiger partial charge >= 0.3 is 0 Å². The number of carbonyl (C=O) groups excluding carboxylic acids is 1. The molecule has 0 spiro atoms. The van der Waals surface area contributed by atoms with E-state index in [1.54, 1.807) is 4.90 Å². The quantitative estimate of drug-likeness (QED) is 0.791. The predicted molar refractivity (Wildman–Crippen MR) is 59.6 cm³/mol. The lowest BCUT2D eigenvalue weighted by Crippen LogP contribution is -2.42. The van der Waals surface area contributed by atoms with Crippen molar-refractivity contribution in [1.29, 1.82) is 0 Å². The first-order valence-corrected chi connectivity index (χ1v) is 5.34. The molecule has 2 rings (SSSR count). The topological polar surface area (TPSA) is 32.3 Å². The van der Waals surface area contributed by atoms with Crippen LogP contribution in [0.5, 0.6) is 0 Å². The Morgan fingerprint density at radius 1 is 1.40 bits per heavy atom. The van der Waals surface area contributed by atoms with Crippen LogP contribution < -0.4 is 5.32 Å². The number of benzene rings is 1. The molecule has 1 aliphatic rings. The summed E-state index contributed by atoms with van der Waals surface area (Å²) in [6, 6.07) is 9.42. The van der Waals surface area contributed by atoms with Crippen LogP contribution in [0.1, 0.15) is 23.2 Å². The minimum Gasteiger partial charge on any atom is -0.326 e. The summed E-state index contributed by atoms with van der Waals surface area (Å²) in [6.45, 7) is 1.01. The molecule has 3 heteroatoms. The van der Waals surface area contributed by atoms with E-state index in [-0.39, 0.29) is 12.1 Å². The first kappa shape index (κ1) is 10.2. The Bertz CT molecular complexity index is 331. The number of carbonyl (C=O) groups is 1. The van der Waals surface area contributed by atoms with Gasteiger partial charge in [-0.05, 0) is 31.5 Å². The van der Waals surface area contributed by atoms with Gasteiger partial charge in [-0.25, -0.2) is 0 Å². The van der Waals surface area contributed by atoms with E-state index < -0.39 is 0 Å². The minimum atomic E-state index is 0.0926. The Labute approximate surface area is 90.1 Å². The van der Waals surface area contributed by atoms with Gasteiger partial charge in [-0.15, -0.1) is 0 Å². The second-order valence-electron chi connectivity index (χ2n) is 3.89. The molecule has 0 aliphatic carbocycles. The number of hydrogen-bond donors (Lipinski definition) is 1. The van der Waals surface area contributed by atoms with Gasteiger partial charge in [-0.3, -0.25) is 10.1 Å². The molecule has 1 unspecified atom stereocenters. The third kappa shape index (κ3) is 2.18. The lowest BCUT2D eigenvalue weighted by Gasteiger charge is -2.24. The highest BCUT2D eigenvalue weighted by Gasteiger charge is 2.23. The average Bonchev–Trinajstić information content (AvgIpc) is 2.82. The first-order chi connectivity index (χ1) is 7.29. The van der Waals surface area contributed by atoms with E-state index in [9.17, 15) is 4.79 Å². The molecule has 1 heterocycles. The zero-order valence-corrected chi connectivity index (χ0v) is 8.94. The van der Waals surface area contributed by atoms with Crippen molar-refractivity contribution in [1.82, 2.24) is 10.2 Å². The SMILES string of the molecule is CN(C(=O)c1ccccc1)C1CCCN1. The molecule has 0 radical (unpaired) electrons. The number of nitrogens with one attached hydrogen (secondary N) is 1. The summed E-state index contributed by atoms with van der Waals surface area (Å²) >= 11 is 0. The van der Waals surface area contributed by atoms with Crippen molar-refractivity contribution >= 4 is 5.91 Å². The fraction of sp³-hybridized carbons (Fsp3) is 0.417. The average molecular weight is 204 g/mol. The molecule has 1 atom stereocenters. The van der Waals surface area contributed by atoms with E-state index in [1.165, 1.54) is 0 Å². The van der Waals surface area contributed by atoms with Gasteiger partial charge in [0.05, 0.1) is 6.17 Å². The number of nitrogens with zero attached hydrogens (tertiary/aromatic N) is 1. The fourth-order valence-corrected chi connectivity index (χ4v) is 1.92. The highest BCUT2D eigenvalue weighted by molar-refractivity contribution is 5.94. The highest BCUT2D eigenvalue weighted by Crippen LogP contribution is 2.12. The maximum absolute atomic E-state index is 12.0. The van der Waals surface area contributed by atoms with Gasteiger partial charge in [-0.1, -0.05) is 18.2 Å². The van der Waals surface area contributed by atoms with E-state index >= 15 is 0 Å². The van der Waals surface area contributed by atoms with Crippen LogP contribution in [-0.2, 0) is 0 Å². The van der Waals surface area contributed by atoms with Crippen molar-refractivity contribution in [2.24, 2.45) is 0 Å². The summed E-state index contributed by atoms with van der Waals surface area (Å²) < 4.78 is 0. The van der Waals surface area contributed by atoms with Crippen LogP contribution in [0.3, 0.4) is 0 Å². The van der Waals surface area contributed by atoms with Crippen LogP contribution in [0.15, 0.2) is 30.3 Å². The van der Waals surface area contributed by atoms with E-state index in [0.29, 0.717) is 0 Å². The van der Waals surface area contributed by atoms with Crippen molar-refractivity contribution in [2.45, 2.75) is 19.0 Å². The molecule has 0 aromatic heterocycles. The second-order valence-corrected chi connectivity index (χ2v) is 3.89. The maximum atomic E-state index is 12.0. The zero-order valence-electron chi connectivity index (χ0n) is 8.94. The third-order valence-electron chi connectivity index (χ3n) is 2.84. The zero-order chi connectivity index (χ0) is 10.7. The predicted octanol–water partition coefficient (Wildman–Crippen LogP) is 1.47. The second kappa shape index (κ2) is 4.45. The minimum absolute atomic E-state index is 0.0926. The van der Waals surface area contributed by atoms with Gasteiger partial charge < -0.3 is 4.90 Å². The summed E-state index contributed by atoms with van der Waals surface area (Å²) in [5.41, 5.74) is 0.758. The molecule has 0 bridgehead atoms. The van der Waals surface area contributed by atoms with Gasteiger partial charge in [0.15, 0.2) is 0 Å². The molecule has 1 amide bonds. The van der Waals surface area contributed by atoms with Crippen molar-refractivity contribution in [2.75, 3.05) is 13.6 Å². The first-order valence-electron chi connectivity index (χ1n) is 5.34. The molecule has 80 valence electrons. The molecule has 1 N–H and O–H groups in total. The van der Waals surface area contributed by atoms with Gasteiger partial charge in [0, 0.05) is 12.6 Å². The normalized spacial score (nSPS) is 20.2. The van der Waals surface area contributed by atoms with Gasteiger partial charge in [-0.2, -0.15) is 0 Å². The molecule has 0 saturated carbocycles. The van der Waals surface area contributed by atoms with E-state index in [1.807, 2.05) is 37.4 Å². The highest BCUT2D eigenvalue weighted by atomic mass is 16.2. The summed E-state index contributed by atoms with van der Waals surface area (Å²) in [4.78, 5) is 13.8. The Morgan fingerprint density at radius 2 is 2.13 bits per heavy atom. The number of hydrogen-bond acceptors (Lipinski definition) is 2. The lowest BCUT2D eigenvalue weighted by atomic mass is 10.2. The summed E-state index contributed by atoms with van der Waals surface area (Å²) in [7, 11) is 1.86. The lowest BCUT2D eigenvalue weighted by molar-refractivity contribution is 0.0718. The van der Waals surface area contributed by atoms with E-state index in [2.05, 4.69) is 5.32 Å². The van der Waals surface area contributed by atoms with Crippen molar-refractivity contribution in [3.05, 3.63) is 35.9 Å². The largest absolute Gasteiger partial charge is 0.326 e. The molecule has 1 fully saturated rings. The molecule has 1 aromatic carbocycles. The van der Waals surface area contributed by atoms with E-state index in [4.69, 9.17) is 0 Å². The smallest absolute Gasteiger partial charge is 0.254 e. The van der Waals surface area contributed by atoms with Crippen LogP contribution in [0.2, 0.25) is 0 Å². The summed E-state index contributed by atoms with van der Waals surface area (Å²) in [5.74, 6) is 0.0926. The van der Waals surface area contributed by atoms with Crippen LogP contribution in [0.25, 0.3) is 0 Å². The maximum Gasteiger partial charge on any atom is 0.254 e. The van der Waals surface area contributed by atoms with Gasteiger partial charge in [0.1, 0.15) is 0 Å². The monoisotopic (exact) mass is 204 g/mol.